The maximum absolute atomic E-state index is 12.0. The summed E-state index contributed by atoms with van der Waals surface area (Å²) in [6.07, 6.45) is -1.94. The summed E-state index contributed by atoms with van der Waals surface area (Å²) in [6, 6.07) is -3.82. The monoisotopic (exact) mass is 1080 g/mol. The molecule has 0 saturated heterocycles. The average molecular weight is 1090 g/mol. The van der Waals surface area contributed by atoms with Gasteiger partial charge in [-0.15, -0.1) is 0 Å². The van der Waals surface area contributed by atoms with E-state index in [0.29, 0.717) is 12.8 Å². The van der Waals surface area contributed by atoms with Gasteiger partial charge in [0.15, 0.2) is 0 Å². The second-order valence-electron chi connectivity index (χ2n) is 21.9. The SMILES string of the molecule is CCCCCCCCCC(N([C@@H]1[C@@H](CO)[C@H](CO)[C@H](OC)[C@@H](OC)[C@H]1OC)[C@H]1[C@H](CO)[C@H](CO)[C@@H](OC)[C@@H](C)[C@@H]1OC)N([C@@H]1[C@@H](CO)[C@H](CO)[C@H](CO)[C@@H](OC)[C@H]1OC)[C@H]1[C@H](CO)[C@H](CO)[C@@H](CO)[C@@H](OC)[C@@H]1OC. The van der Waals surface area contributed by atoms with E-state index < -0.39 is 210 Å². The Kier molecular flexibility index (Phi) is 29.5. The van der Waals surface area contributed by atoms with Gasteiger partial charge in [0.1, 0.15) is 12.2 Å². The highest BCUT2D eigenvalue weighted by molar-refractivity contribution is 5.15. The van der Waals surface area contributed by atoms with E-state index in [1.807, 2.05) is 6.92 Å². The number of aliphatic hydroxyl groups excluding tert-OH is 10. The Labute approximate surface area is 448 Å². The zero-order valence-corrected chi connectivity index (χ0v) is 47.2. The number of rotatable bonds is 33. The molecule has 444 valence electrons. The minimum Gasteiger partial charge on any atom is -0.396 e. The van der Waals surface area contributed by atoms with Crippen LogP contribution in [-0.2, 0) is 42.6 Å². The Morgan fingerprint density at radius 2 is 0.547 bits per heavy atom. The highest BCUT2D eigenvalue weighted by Crippen LogP contribution is 2.52. The smallest absolute Gasteiger partial charge is 0.111 e. The summed E-state index contributed by atoms with van der Waals surface area (Å²) < 4.78 is 57.8. The van der Waals surface area contributed by atoms with E-state index in [0.717, 1.165) is 38.5 Å². The molecule has 25 atom stereocenters. The summed E-state index contributed by atoms with van der Waals surface area (Å²) in [5.41, 5.74) is 0. The molecule has 1 unspecified atom stereocenters. The molecule has 21 heteroatoms. The zero-order valence-electron chi connectivity index (χ0n) is 47.2. The van der Waals surface area contributed by atoms with E-state index in [9.17, 15) is 51.1 Å². The van der Waals surface area contributed by atoms with Crippen LogP contribution >= 0.6 is 0 Å². The van der Waals surface area contributed by atoms with Gasteiger partial charge >= 0.3 is 0 Å². The number of ether oxygens (including phenoxy) is 9. The minimum absolute atomic E-state index is 0.316. The molecule has 4 aliphatic rings. The molecule has 10 N–H and O–H groups in total. The lowest BCUT2D eigenvalue weighted by atomic mass is 9.62. The highest BCUT2D eigenvalue weighted by Gasteiger charge is 2.65. The Balaban J connectivity index is 2.40. The summed E-state index contributed by atoms with van der Waals surface area (Å²) >= 11 is 0. The number of nitrogens with zero attached hydrogens (tertiary/aromatic N) is 2. The van der Waals surface area contributed by atoms with Crippen molar-refractivity contribution in [2.45, 2.75) is 150 Å². The minimum atomic E-state index is -0.994. The molecule has 0 aromatic carbocycles. The molecule has 0 amide bonds. The van der Waals surface area contributed by atoms with Crippen LogP contribution in [0.15, 0.2) is 0 Å². The van der Waals surface area contributed by atoms with Crippen LogP contribution in [-0.4, -0.2) is 276 Å². The summed E-state index contributed by atoms with van der Waals surface area (Å²) in [4.78, 5) is 4.39. The molecule has 0 spiro atoms. The average Bonchev–Trinajstić information content (AvgIpc) is 3.45. The molecular weight excluding hydrogens is 981 g/mol. The normalized spacial score (nSPS) is 41.2. The predicted molar refractivity (Wildman–Crippen MR) is 277 cm³/mol. The van der Waals surface area contributed by atoms with E-state index in [4.69, 9.17) is 42.6 Å². The van der Waals surface area contributed by atoms with E-state index in [1.165, 1.54) is 42.7 Å². The van der Waals surface area contributed by atoms with Crippen molar-refractivity contribution in [3.63, 3.8) is 0 Å². The van der Waals surface area contributed by atoms with Crippen LogP contribution in [0, 0.1) is 65.1 Å². The van der Waals surface area contributed by atoms with E-state index in [-0.39, 0.29) is 6.61 Å². The van der Waals surface area contributed by atoms with Crippen molar-refractivity contribution in [2.24, 2.45) is 65.1 Å². The lowest BCUT2D eigenvalue weighted by Gasteiger charge is -2.65. The van der Waals surface area contributed by atoms with Gasteiger partial charge in [-0.2, -0.15) is 0 Å². The lowest BCUT2D eigenvalue weighted by Crippen LogP contribution is -2.79. The number of hydrogen-bond donors (Lipinski definition) is 10. The summed E-state index contributed by atoms with van der Waals surface area (Å²) in [7, 11) is 13.8. The van der Waals surface area contributed by atoms with Gasteiger partial charge in [0.05, 0.1) is 48.9 Å². The molecular formula is C54H104N2O19. The maximum Gasteiger partial charge on any atom is 0.111 e. The summed E-state index contributed by atoms with van der Waals surface area (Å²) in [5.74, 6) is -8.41. The third-order valence-electron chi connectivity index (χ3n) is 19.1. The Bertz CT molecular complexity index is 1420. The third-order valence-corrected chi connectivity index (χ3v) is 19.1. The fourth-order valence-corrected chi connectivity index (χ4v) is 15.7. The first-order chi connectivity index (χ1) is 36.4. The Morgan fingerprint density at radius 3 is 0.867 bits per heavy atom. The zero-order chi connectivity index (χ0) is 55.7. The van der Waals surface area contributed by atoms with Crippen LogP contribution in [0.25, 0.3) is 0 Å². The van der Waals surface area contributed by atoms with Crippen molar-refractivity contribution in [3.05, 3.63) is 0 Å². The molecule has 21 nitrogen and oxygen atoms in total. The third kappa shape index (κ3) is 13.4. The number of aliphatic hydroxyl groups is 10. The van der Waals surface area contributed by atoms with Gasteiger partial charge < -0.3 is 93.7 Å². The highest BCUT2D eigenvalue weighted by atomic mass is 16.6. The van der Waals surface area contributed by atoms with Crippen molar-refractivity contribution in [1.29, 1.82) is 0 Å². The van der Waals surface area contributed by atoms with Crippen molar-refractivity contribution < 1.29 is 93.7 Å². The largest absolute Gasteiger partial charge is 0.396 e. The van der Waals surface area contributed by atoms with Gasteiger partial charge in [-0.3, -0.25) is 9.80 Å². The molecule has 4 aliphatic carbocycles. The molecule has 0 aromatic rings. The van der Waals surface area contributed by atoms with E-state index >= 15 is 0 Å². The van der Waals surface area contributed by atoms with Crippen molar-refractivity contribution in [2.75, 3.05) is 130 Å². The van der Waals surface area contributed by atoms with Crippen molar-refractivity contribution in [1.82, 2.24) is 9.80 Å². The second kappa shape index (κ2) is 33.2. The van der Waals surface area contributed by atoms with E-state index in [1.54, 1.807) is 21.3 Å². The van der Waals surface area contributed by atoms with Gasteiger partial charge in [0.25, 0.3) is 0 Å². The van der Waals surface area contributed by atoms with Gasteiger partial charge in [0.2, 0.25) is 0 Å². The molecule has 0 aromatic heterocycles. The van der Waals surface area contributed by atoms with Crippen LogP contribution in [0.1, 0.15) is 65.2 Å². The quantitative estimate of drug-likeness (QED) is 0.0291. The molecule has 0 aliphatic heterocycles. The molecule has 4 fully saturated rings. The van der Waals surface area contributed by atoms with E-state index in [2.05, 4.69) is 16.7 Å². The topological polar surface area (TPSA) is 292 Å². The van der Waals surface area contributed by atoms with Crippen LogP contribution < -0.4 is 0 Å². The fraction of sp³-hybridized carbons (Fsp3) is 1.00. The van der Waals surface area contributed by atoms with Crippen molar-refractivity contribution >= 4 is 0 Å². The first-order valence-corrected chi connectivity index (χ1v) is 27.8. The molecule has 0 bridgehead atoms. The summed E-state index contributed by atoms with van der Waals surface area (Å²) in [6.45, 7) is -0.461. The second-order valence-corrected chi connectivity index (χ2v) is 21.9. The number of unbranched alkanes of at least 4 members (excludes halogenated alkanes) is 6. The fourth-order valence-electron chi connectivity index (χ4n) is 15.7. The van der Waals surface area contributed by atoms with Crippen LogP contribution in [0.3, 0.4) is 0 Å². The predicted octanol–water partition coefficient (Wildman–Crippen LogP) is -0.558. The van der Waals surface area contributed by atoms with Gasteiger partial charge in [0, 0.05) is 207 Å². The maximum atomic E-state index is 12.0. The molecule has 4 rings (SSSR count). The number of hydrogen-bond acceptors (Lipinski definition) is 21. The molecule has 75 heavy (non-hydrogen) atoms. The molecule has 0 radical (unpaired) electrons. The lowest BCUT2D eigenvalue weighted by molar-refractivity contribution is -0.276. The summed E-state index contributed by atoms with van der Waals surface area (Å²) in [5, 5.41) is 116. The standard InChI is InChI=1S/C54H104N2O19/c1-12-13-14-15-16-17-18-19-41(55(42-35(24-61)39(28-65)46(67-3)30(2)47(42)68-4)45-36(25-62)40(29-66)50(71-7)54(75-11)53(45)74-10)56(43-33(22-59)31(20-57)37(26-63)48(69-5)51(43)72-8)44-34(23-60)32(21-58)38(27-64)49(70-6)52(44)73-9/h30-54,57-66H,12-29H2,1-11H3/t30-,31+,32+,33-,34+,35-,36+,37-,38+,39+,40+,41?,42+,43+,44-,45-,46+,47+,48-,49-,50+,51-,52+,53+,54-/m1/s1. The number of methoxy groups -OCH3 is 9. The Morgan fingerprint density at radius 1 is 0.293 bits per heavy atom. The van der Waals surface area contributed by atoms with Gasteiger partial charge in [-0.25, -0.2) is 0 Å². The van der Waals surface area contributed by atoms with Crippen LogP contribution in [0.5, 0.6) is 0 Å². The van der Waals surface area contributed by atoms with Gasteiger partial charge in [-0.1, -0.05) is 58.8 Å². The van der Waals surface area contributed by atoms with Gasteiger partial charge in [-0.05, 0) is 18.3 Å². The first-order valence-electron chi connectivity index (χ1n) is 27.8. The Hall–Kier alpha value is -0.840. The van der Waals surface area contributed by atoms with Crippen LogP contribution in [0.4, 0.5) is 0 Å². The van der Waals surface area contributed by atoms with Crippen molar-refractivity contribution in [3.8, 4) is 0 Å². The van der Waals surface area contributed by atoms with Crippen LogP contribution in [0.2, 0.25) is 0 Å². The molecule has 0 heterocycles. The molecule has 4 saturated carbocycles. The first kappa shape index (κ1) is 66.7.